The van der Waals surface area contributed by atoms with Crippen LogP contribution in [0.2, 0.25) is 0 Å². The van der Waals surface area contributed by atoms with Crippen LogP contribution in [-0.2, 0) is 10.2 Å². The minimum Gasteiger partial charge on any atom is -0.338 e. The number of benzene rings is 1. The van der Waals surface area contributed by atoms with Crippen LogP contribution >= 0.6 is 0 Å². The van der Waals surface area contributed by atoms with Gasteiger partial charge in [-0.2, -0.15) is 4.98 Å². The molecule has 1 aromatic carbocycles. The lowest BCUT2D eigenvalue weighted by atomic mass is 9.96. The topological polar surface area (TPSA) is 71.3 Å². The molecular weight excluding hydrogens is 304 g/mol. The molecule has 0 atom stereocenters. The molecule has 1 saturated heterocycles. The van der Waals surface area contributed by atoms with Gasteiger partial charge >= 0.3 is 0 Å². The number of rotatable bonds is 3. The Labute approximate surface area is 142 Å². The number of piperidine rings is 1. The standard InChI is InChI=1S/C18H24N4O2/c1-18(2,3)16-20-17(21-24-16)22-11-9-13(10-12-22)15(23)19-14-7-5-4-6-8-14/h4-8,13H,9-12H2,1-3H3,(H,19,23). The molecule has 0 aliphatic carbocycles. The first-order valence-corrected chi connectivity index (χ1v) is 8.38. The van der Waals surface area contributed by atoms with E-state index < -0.39 is 0 Å². The molecule has 2 heterocycles. The summed E-state index contributed by atoms with van der Waals surface area (Å²) >= 11 is 0. The van der Waals surface area contributed by atoms with Crippen LogP contribution in [-0.4, -0.2) is 29.1 Å². The van der Waals surface area contributed by atoms with Gasteiger partial charge in [-0.1, -0.05) is 39.0 Å². The number of aromatic nitrogens is 2. The minimum atomic E-state index is -0.154. The summed E-state index contributed by atoms with van der Waals surface area (Å²) in [5.41, 5.74) is 0.692. The highest BCUT2D eigenvalue weighted by Gasteiger charge is 2.29. The van der Waals surface area contributed by atoms with Gasteiger partial charge < -0.3 is 14.7 Å². The molecule has 1 fully saturated rings. The van der Waals surface area contributed by atoms with Crippen LogP contribution in [0.4, 0.5) is 11.6 Å². The van der Waals surface area contributed by atoms with Crippen LogP contribution in [0.5, 0.6) is 0 Å². The molecule has 24 heavy (non-hydrogen) atoms. The maximum atomic E-state index is 12.4. The SMILES string of the molecule is CC(C)(C)c1nc(N2CCC(C(=O)Nc3ccccc3)CC2)no1. The lowest BCUT2D eigenvalue weighted by Gasteiger charge is -2.30. The Balaban J connectivity index is 1.56. The summed E-state index contributed by atoms with van der Waals surface area (Å²) < 4.78 is 5.35. The van der Waals surface area contributed by atoms with Crippen LogP contribution < -0.4 is 10.2 Å². The maximum absolute atomic E-state index is 12.4. The molecule has 0 unspecified atom stereocenters. The summed E-state index contributed by atoms with van der Waals surface area (Å²) in [6.45, 7) is 7.66. The second-order valence-electron chi connectivity index (χ2n) is 7.27. The van der Waals surface area contributed by atoms with Crippen LogP contribution in [0.3, 0.4) is 0 Å². The highest BCUT2D eigenvalue weighted by molar-refractivity contribution is 5.92. The van der Waals surface area contributed by atoms with E-state index in [1.807, 2.05) is 51.1 Å². The van der Waals surface area contributed by atoms with Crippen LogP contribution in [0, 0.1) is 5.92 Å². The van der Waals surface area contributed by atoms with E-state index in [4.69, 9.17) is 4.52 Å². The van der Waals surface area contributed by atoms with Gasteiger partial charge in [0.2, 0.25) is 11.8 Å². The highest BCUT2D eigenvalue weighted by atomic mass is 16.5. The monoisotopic (exact) mass is 328 g/mol. The Kier molecular flexibility index (Phi) is 4.55. The van der Waals surface area contributed by atoms with Crippen molar-refractivity contribution in [3.63, 3.8) is 0 Å². The van der Waals surface area contributed by atoms with Crippen molar-refractivity contribution in [3.8, 4) is 0 Å². The molecule has 1 aromatic heterocycles. The Hall–Kier alpha value is -2.37. The van der Waals surface area contributed by atoms with E-state index in [1.54, 1.807) is 0 Å². The second kappa shape index (κ2) is 6.63. The largest absolute Gasteiger partial charge is 0.338 e. The van der Waals surface area contributed by atoms with Gasteiger partial charge in [0, 0.05) is 30.1 Å². The van der Waals surface area contributed by atoms with Gasteiger partial charge in [0.05, 0.1) is 0 Å². The summed E-state index contributed by atoms with van der Waals surface area (Å²) in [6, 6.07) is 9.58. The Bertz CT molecular complexity index is 683. The zero-order valence-corrected chi connectivity index (χ0v) is 14.5. The molecule has 2 aromatic rings. The van der Waals surface area contributed by atoms with Gasteiger partial charge in [0.25, 0.3) is 5.95 Å². The lowest BCUT2D eigenvalue weighted by molar-refractivity contribution is -0.120. The first-order chi connectivity index (χ1) is 11.4. The predicted octanol–water partition coefficient (Wildman–Crippen LogP) is 3.22. The summed E-state index contributed by atoms with van der Waals surface area (Å²) in [4.78, 5) is 18.9. The number of nitrogens with one attached hydrogen (secondary N) is 1. The average Bonchev–Trinajstić information content (AvgIpc) is 3.06. The van der Waals surface area contributed by atoms with E-state index in [9.17, 15) is 4.79 Å². The lowest BCUT2D eigenvalue weighted by Crippen LogP contribution is -2.38. The average molecular weight is 328 g/mol. The predicted molar refractivity (Wildman–Crippen MR) is 93.0 cm³/mol. The van der Waals surface area contributed by atoms with Gasteiger partial charge in [-0.3, -0.25) is 4.79 Å². The van der Waals surface area contributed by atoms with Crippen LogP contribution in [0.1, 0.15) is 39.5 Å². The molecule has 1 aliphatic rings. The molecule has 1 N–H and O–H groups in total. The Morgan fingerprint density at radius 1 is 1.21 bits per heavy atom. The van der Waals surface area contributed by atoms with E-state index in [0.29, 0.717) is 11.8 Å². The molecule has 1 amide bonds. The van der Waals surface area contributed by atoms with Gasteiger partial charge in [0.1, 0.15) is 0 Å². The second-order valence-corrected chi connectivity index (χ2v) is 7.27. The molecular formula is C18H24N4O2. The van der Waals surface area contributed by atoms with Crippen molar-refractivity contribution in [1.29, 1.82) is 0 Å². The third kappa shape index (κ3) is 3.75. The van der Waals surface area contributed by atoms with Crippen LogP contribution in [0.25, 0.3) is 0 Å². The fraction of sp³-hybridized carbons (Fsp3) is 0.500. The van der Waals surface area contributed by atoms with Crippen molar-refractivity contribution >= 4 is 17.5 Å². The first kappa shape index (κ1) is 16.5. The van der Waals surface area contributed by atoms with E-state index >= 15 is 0 Å². The van der Waals surface area contributed by atoms with Crippen LogP contribution in [0.15, 0.2) is 34.9 Å². The number of carbonyl (C=O) groups is 1. The van der Waals surface area contributed by atoms with Crippen molar-refractivity contribution < 1.29 is 9.32 Å². The normalized spacial score (nSPS) is 16.2. The molecule has 1 aliphatic heterocycles. The number of amides is 1. The molecule has 0 spiro atoms. The number of hydrogen-bond donors (Lipinski definition) is 1. The number of nitrogens with zero attached hydrogens (tertiary/aromatic N) is 3. The van der Waals surface area contributed by atoms with Crippen molar-refractivity contribution in [2.75, 3.05) is 23.3 Å². The van der Waals surface area contributed by atoms with Crippen molar-refractivity contribution in [2.24, 2.45) is 5.92 Å². The third-order valence-electron chi connectivity index (χ3n) is 4.25. The molecule has 6 heteroatoms. The van der Waals surface area contributed by atoms with E-state index in [2.05, 4.69) is 20.4 Å². The Morgan fingerprint density at radius 3 is 2.46 bits per heavy atom. The summed E-state index contributed by atoms with van der Waals surface area (Å²) in [5.74, 6) is 1.38. The molecule has 128 valence electrons. The Morgan fingerprint density at radius 2 is 1.88 bits per heavy atom. The summed E-state index contributed by atoms with van der Waals surface area (Å²) in [5, 5.41) is 7.07. The van der Waals surface area contributed by atoms with Crippen molar-refractivity contribution in [2.45, 2.75) is 39.0 Å². The fourth-order valence-corrected chi connectivity index (χ4v) is 2.76. The molecule has 6 nitrogen and oxygen atoms in total. The van der Waals surface area contributed by atoms with Gasteiger partial charge in [0.15, 0.2) is 0 Å². The molecule has 0 radical (unpaired) electrons. The van der Waals surface area contributed by atoms with Gasteiger partial charge in [-0.05, 0) is 30.1 Å². The van der Waals surface area contributed by atoms with E-state index in [0.717, 1.165) is 31.6 Å². The molecule has 0 saturated carbocycles. The molecule has 0 bridgehead atoms. The number of hydrogen-bond acceptors (Lipinski definition) is 5. The summed E-state index contributed by atoms with van der Waals surface area (Å²) in [6.07, 6.45) is 1.58. The van der Waals surface area contributed by atoms with Crippen molar-refractivity contribution in [1.82, 2.24) is 10.1 Å². The summed E-state index contributed by atoms with van der Waals surface area (Å²) in [7, 11) is 0. The van der Waals surface area contributed by atoms with E-state index in [1.165, 1.54) is 0 Å². The maximum Gasteiger partial charge on any atom is 0.266 e. The smallest absolute Gasteiger partial charge is 0.266 e. The zero-order chi connectivity index (χ0) is 17.2. The van der Waals surface area contributed by atoms with Gasteiger partial charge in [-0.15, -0.1) is 0 Å². The molecule has 3 rings (SSSR count). The van der Waals surface area contributed by atoms with E-state index in [-0.39, 0.29) is 17.2 Å². The quantitative estimate of drug-likeness (QED) is 0.936. The number of para-hydroxylation sites is 1. The third-order valence-corrected chi connectivity index (χ3v) is 4.25. The number of carbonyl (C=O) groups excluding carboxylic acids is 1. The highest BCUT2D eigenvalue weighted by Crippen LogP contribution is 2.26. The minimum absolute atomic E-state index is 0.0236. The fourth-order valence-electron chi connectivity index (χ4n) is 2.76. The van der Waals surface area contributed by atoms with Crippen molar-refractivity contribution in [3.05, 3.63) is 36.2 Å². The zero-order valence-electron chi connectivity index (χ0n) is 14.5. The first-order valence-electron chi connectivity index (χ1n) is 8.38. The van der Waals surface area contributed by atoms with Gasteiger partial charge in [-0.25, -0.2) is 0 Å². The number of anilines is 2.